The topological polar surface area (TPSA) is 82.8 Å². The van der Waals surface area contributed by atoms with Gasteiger partial charge in [-0.3, -0.25) is 0 Å². The summed E-state index contributed by atoms with van der Waals surface area (Å²) in [4.78, 5) is 24.3. The molecule has 6 nitrogen and oxygen atoms in total. The van der Waals surface area contributed by atoms with Gasteiger partial charge in [-0.25, -0.2) is 9.59 Å². The Balaban J connectivity index is 1.92. The van der Waals surface area contributed by atoms with Crippen LogP contribution >= 0.6 is 11.8 Å². The van der Waals surface area contributed by atoms with Crippen molar-refractivity contribution >= 4 is 23.8 Å². The van der Waals surface area contributed by atoms with Gasteiger partial charge in [0, 0.05) is 18.1 Å². The highest BCUT2D eigenvalue weighted by Crippen LogP contribution is 2.16. The van der Waals surface area contributed by atoms with Crippen LogP contribution in [0.3, 0.4) is 0 Å². The van der Waals surface area contributed by atoms with E-state index in [1.54, 1.807) is 23.9 Å². The van der Waals surface area contributed by atoms with Crippen LogP contribution in [-0.2, 0) is 11.3 Å². The number of urea groups is 1. The molecule has 0 aliphatic carbocycles. The molecule has 1 aromatic rings. The SMILES string of the molecule is O=C(O)C1CSCCN1C(=O)NCc1ccco1. The molecule has 1 saturated heterocycles. The van der Waals surface area contributed by atoms with Crippen LogP contribution < -0.4 is 5.32 Å². The molecule has 18 heavy (non-hydrogen) atoms. The Labute approximate surface area is 108 Å². The summed E-state index contributed by atoms with van der Waals surface area (Å²) in [6.45, 7) is 0.716. The summed E-state index contributed by atoms with van der Waals surface area (Å²) in [7, 11) is 0. The number of carboxylic acids is 1. The van der Waals surface area contributed by atoms with E-state index in [0.717, 1.165) is 5.75 Å². The number of nitrogens with zero attached hydrogens (tertiary/aromatic N) is 1. The molecular weight excluding hydrogens is 256 g/mol. The molecule has 0 bridgehead atoms. The van der Waals surface area contributed by atoms with Crippen molar-refractivity contribution in [2.45, 2.75) is 12.6 Å². The van der Waals surface area contributed by atoms with Crippen molar-refractivity contribution in [2.24, 2.45) is 0 Å². The quantitative estimate of drug-likeness (QED) is 0.856. The molecule has 1 aromatic heterocycles. The maximum Gasteiger partial charge on any atom is 0.327 e. The number of carboxylic acid groups (broad SMARTS) is 1. The van der Waals surface area contributed by atoms with Gasteiger partial charge < -0.3 is 19.7 Å². The average molecular weight is 270 g/mol. The number of aliphatic carboxylic acids is 1. The zero-order chi connectivity index (χ0) is 13.0. The van der Waals surface area contributed by atoms with E-state index < -0.39 is 12.0 Å². The number of rotatable bonds is 3. The number of nitrogens with one attached hydrogen (secondary N) is 1. The van der Waals surface area contributed by atoms with Crippen LogP contribution in [0.2, 0.25) is 0 Å². The summed E-state index contributed by atoms with van der Waals surface area (Å²) in [5.74, 6) is 0.874. The molecule has 1 aliphatic heterocycles. The normalized spacial score (nSPS) is 19.6. The summed E-state index contributed by atoms with van der Waals surface area (Å²) >= 11 is 1.55. The fourth-order valence-corrected chi connectivity index (χ4v) is 2.77. The number of amides is 2. The van der Waals surface area contributed by atoms with Gasteiger partial charge in [-0.2, -0.15) is 11.8 Å². The highest BCUT2D eigenvalue weighted by Gasteiger charge is 2.32. The Bertz CT molecular complexity index is 421. The minimum Gasteiger partial charge on any atom is -0.480 e. The van der Waals surface area contributed by atoms with Crippen molar-refractivity contribution in [1.29, 1.82) is 0 Å². The molecule has 0 aromatic carbocycles. The first-order chi connectivity index (χ1) is 8.68. The largest absolute Gasteiger partial charge is 0.480 e. The lowest BCUT2D eigenvalue weighted by molar-refractivity contribution is -0.141. The second kappa shape index (κ2) is 5.81. The van der Waals surface area contributed by atoms with E-state index in [9.17, 15) is 9.59 Å². The number of hydrogen-bond donors (Lipinski definition) is 2. The molecule has 98 valence electrons. The van der Waals surface area contributed by atoms with Gasteiger partial charge in [-0.05, 0) is 12.1 Å². The molecule has 1 aliphatic rings. The minimum atomic E-state index is -0.963. The van der Waals surface area contributed by atoms with Gasteiger partial charge in [0.15, 0.2) is 0 Å². The standard InChI is InChI=1S/C11H14N2O4S/c14-10(15)9-7-18-5-3-13(9)11(16)12-6-8-2-1-4-17-8/h1-2,4,9H,3,5-7H2,(H,12,16)(H,14,15). The van der Waals surface area contributed by atoms with Gasteiger partial charge in [0.25, 0.3) is 0 Å². The smallest absolute Gasteiger partial charge is 0.327 e. The van der Waals surface area contributed by atoms with Crippen LogP contribution in [0.4, 0.5) is 4.79 Å². The van der Waals surface area contributed by atoms with Crippen molar-refractivity contribution in [3.63, 3.8) is 0 Å². The number of carbonyl (C=O) groups excluding carboxylic acids is 1. The summed E-state index contributed by atoms with van der Waals surface area (Å²) in [5, 5.41) is 11.7. The van der Waals surface area contributed by atoms with Crippen LogP contribution in [0.25, 0.3) is 0 Å². The summed E-state index contributed by atoms with van der Waals surface area (Å²) in [6.07, 6.45) is 1.53. The lowest BCUT2D eigenvalue weighted by Crippen LogP contribution is -2.53. The van der Waals surface area contributed by atoms with E-state index in [1.165, 1.54) is 11.2 Å². The Morgan fingerprint density at radius 1 is 1.61 bits per heavy atom. The highest BCUT2D eigenvalue weighted by atomic mass is 32.2. The number of furan rings is 1. The van der Waals surface area contributed by atoms with Gasteiger partial charge in [0.1, 0.15) is 11.8 Å². The van der Waals surface area contributed by atoms with Crippen LogP contribution in [0.1, 0.15) is 5.76 Å². The fourth-order valence-electron chi connectivity index (χ4n) is 1.73. The predicted octanol–water partition coefficient (Wildman–Crippen LogP) is 0.991. The molecule has 1 atom stereocenters. The van der Waals surface area contributed by atoms with Crippen molar-refractivity contribution < 1.29 is 19.1 Å². The van der Waals surface area contributed by atoms with Gasteiger partial charge >= 0.3 is 12.0 Å². The van der Waals surface area contributed by atoms with Crippen LogP contribution in [0.15, 0.2) is 22.8 Å². The Morgan fingerprint density at radius 2 is 2.44 bits per heavy atom. The fraction of sp³-hybridized carbons (Fsp3) is 0.455. The van der Waals surface area contributed by atoms with Crippen LogP contribution in [-0.4, -0.2) is 46.1 Å². The van der Waals surface area contributed by atoms with Gasteiger partial charge in [0.2, 0.25) is 0 Å². The second-order valence-electron chi connectivity index (χ2n) is 3.86. The molecule has 2 rings (SSSR count). The van der Waals surface area contributed by atoms with Crippen molar-refractivity contribution in [2.75, 3.05) is 18.1 Å². The molecule has 0 saturated carbocycles. The van der Waals surface area contributed by atoms with E-state index >= 15 is 0 Å². The summed E-state index contributed by atoms with van der Waals surface area (Å²) in [5.41, 5.74) is 0. The van der Waals surface area contributed by atoms with Gasteiger partial charge in [-0.15, -0.1) is 0 Å². The molecule has 2 amide bonds. The third-order valence-electron chi connectivity index (χ3n) is 2.67. The molecule has 0 radical (unpaired) electrons. The molecule has 1 fully saturated rings. The first-order valence-corrected chi connectivity index (χ1v) is 6.71. The van der Waals surface area contributed by atoms with Crippen molar-refractivity contribution in [3.8, 4) is 0 Å². The zero-order valence-electron chi connectivity index (χ0n) is 9.67. The first-order valence-electron chi connectivity index (χ1n) is 5.56. The highest BCUT2D eigenvalue weighted by molar-refractivity contribution is 7.99. The number of thioether (sulfide) groups is 1. The second-order valence-corrected chi connectivity index (χ2v) is 5.01. The van der Waals surface area contributed by atoms with Crippen molar-refractivity contribution in [1.82, 2.24) is 10.2 Å². The Kier molecular flexibility index (Phi) is 4.14. The summed E-state index contributed by atoms with van der Waals surface area (Å²) < 4.78 is 5.09. The maximum absolute atomic E-state index is 11.9. The van der Waals surface area contributed by atoms with Crippen molar-refractivity contribution in [3.05, 3.63) is 24.2 Å². The molecule has 7 heteroatoms. The molecule has 2 N–H and O–H groups in total. The van der Waals surface area contributed by atoms with E-state index in [4.69, 9.17) is 9.52 Å². The van der Waals surface area contributed by atoms with Gasteiger partial charge in [0.05, 0.1) is 12.8 Å². The molecule has 1 unspecified atom stereocenters. The lowest BCUT2D eigenvalue weighted by atomic mass is 10.3. The van der Waals surface area contributed by atoms with E-state index in [-0.39, 0.29) is 12.6 Å². The van der Waals surface area contributed by atoms with E-state index in [1.807, 2.05) is 0 Å². The monoisotopic (exact) mass is 270 g/mol. The molecule has 2 heterocycles. The first kappa shape index (κ1) is 12.8. The lowest BCUT2D eigenvalue weighted by Gasteiger charge is -2.32. The zero-order valence-corrected chi connectivity index (χ0v) is 10.5. The summed E-state index contributed by atoms with van der Waals surface area (Å²) in [6, 6.07) is 2.37. The third-order valence-corrected chi connectivity index (χ3v) is 3.69. The number of hydrogen-bond acceptors (Lipinski definition) is 4. The maximum atomic E-state index is 11.9. The third kappa shape index (κ3) is 2.98. The predicted molar refractivity (Wildman–Crippen MR) is 66.4 cm³/mol. The number of carbonyl (C=O) groups is 2. The van der Waals surface area contributed by atoms with Gasteiger partial charge in [-0.1, -0.05) is 0 Å². The molecular formula is C11H14N2O4S. The van der Waals surface area contributed by atoms with Crippen LogP contribution in [0.5, 0.6) is 0 Å². The van der Waals surface area contributed by atoms with E-state index in [0.29, 0.717) is 18.1 Å². The minimum absolute atomic E-state index is 0.266. The average Bonchev–Trinajstić information content (AvgIpc) is 2.89. The van der Waals surface area contributed by atoms with E-state index in [2.05, 4.69) is 5.32 Å². The molecule has 0 spiro atoms. The Hall–Kier alpha value is -1.63. The van der Waals surface area contributed by atoms with Crippen LogP contribution in [0, 0.1) is 0 Å². The Morgan fingerprint density at radius 3 is 3.11 bits per heavy atom.